The molecule has 82 valence electrons. The van der Waals surface area contributed by atoms with E-state index < -0.39 is 0 Å². The third kappa shape index (κ3) is 4.22. The predicted molar refractivity (Wildman–Crippen MR) is 55.0 cm³/mol. The average Bonchev–Trinajstić information content (AvgIpc) is 2.59. The molecule has 1 fully saturated rings. The molecule has 0 aliphatic carbocycles. The van der Waals surface area contributed by atoms with Crippen molar-refractivity contribution >= 4 is 0 Å². The van der Waals surface area contributed by atoms with Crippen LogP contribution in [0, 0.1) is 0 Å². The fourth-order valence-electron chi connectivity index (χ4n) is 1.55. The molecular formula is C11H20O3. The van der Waals surface area contributed by atoms with E-state index in [0.717, 1.165) is 38.9 Å². The Hall–Kier alpha value is -0.380. The van der Waals surface area contributed by atoms with Crippen molar-refractivity contribution in [3.63, 3.8) is 0 Å². The molecule has 14 heavy (non-hydrogen) atoms. The third-order valence-corrected chi connectivity index (χ3v) is 2.36. The third-order valence-electron chi connectivity index (χ3n) is 2.36. The maximum absolute atomic E-state index is 8.55. The first-order chi connectivity index (χ1) is 6.77. The molecule has 1 aliphatic rings. The van der Waals surface area contributed by atoms with Gasteiger partial charge in [-0.3, -0.25) is 0 Å². The van der Waals surface area contributed by atoms with Gasteiger partial charge in [0.25, 0.3) is 0 Å². The van der Waals surface area contributed by atoms with Crippen molar-refractivity contribution in [3.8, 4) is 0 Å². The highest BCUT2D eigenvalue weighted by atomic mass is 16.7. The Morgan fingerprint density at radius 1 is 1.21 bits per heavy atom. The number of hydrogen-bond acceptors (Lipinski definition) is 3. The van der Waals surface area contributed by atoms with Gasteiger partial charge in [-0.25, -0.2) is 0 Å². The Kier molecular flexibility index (Phi) is 5.15. The van der Waals surface area contributed by atoms with E-state index in [2.05, 4.69) is 6.08 Å². The Balaban J connectivity index is 2.03. The van der Waals surface area contributed by atoms with E-state index in [4.69, 9.17) is 14.6 Å². The fraction of sp³-hybridized carbons (Fsp3) is 0.818. The standard InChI is InChI=1S/C11H20O3/c1-11(13-9-10-14-11)7-5-3-2-4-6-8-12/h2,4,12H,3,5-10H2,1H3/b4-2+. The summed E-state index contributed by atoms with van der Waals surface area (Å²) < 4.78 is 11.0. The zero-order valence-electron chi connectivity index (χ0n) is 8.87. The highest BCUT2D eigenvalue weighted by molar-refractivity contribution is 4.82. The molecule has 3 heteroatoms. The van der Waals surface area contributed by atoms with Gasteiger partial charge < -0.3 is 14.6 Å². The van der Waals surface area contributed by atoms with Crippen LogP contribution in [0.2, 0.25) is 0 Å². The maximum atomic E-state index is 8.55. The van der Waals surface area contributed by atoms with Gasteiger partial charge >= 0.3 is 0 Å². The summed E-state index contributed by atoms with van der Waals surface area (Å²) in [6.07, 6.45) is 7.91. The van der Waals surface area contributed by atoms with Gasteiger partial charge in [-0.05, 0) is 26.2 Å². The zero-order chi connectivity index (χ0) is 10.3. The van der Waals surface area contributed by atoms with Gasteiger partial charge in [-0.1, -0.05) is 12.2 Å². The lowest BCUT2D eigenvalue weighted by atomic mass is 10.1. The van der Waals surface area contributed by atoms with Gasteiger partial charge in [0.1, 0.15) is 0 Å². The number of unbranched alkanes of at least 4 members (excludes halogenated alkanes) is 1. The summed E-state index contributed by atoms with van der Waals surface area (Å²) >= 11 is 0. The molecule has 1 N–H and O–H groups in total. The summed E-state index contributed by atoms with van der Waals surface area (Å²) in [4.78, 5) is 0. The second-order valence-electron chi connectivity index (χ2n) is 3.71. The van der Waals surface area contributed by atoms with Gasteiger partial charge in [0.05, 0.1) is 13.2 Å². The summed E-state index contributed by atoms with van der Waals surface area (Å²) in [5, 5.41) is 8.55. The minimum atomic E-state index is -0.342. The summed E-state index contributed by atoms with van der Waals surface area (Å²) in [5.74, 6) is -0.342. The monoisotopic (exact) mass is 200 g/mol. The van der Waals surface area contributed by atoms with E-state index in [9.17, 15) is 0 Å². The normalized spacial score (nSPS) is 20.7. The number of allylic oxidation sites excluding steroid dienone is 1. The first kappa shape index (κ1) is 11.7. The highest BCUT2D eigenvalue weighted by Crippen LogP contribution is 2.24. The van der Waals surface area contributed by atoms with Crippen molar-refractivity contribution in [3.05, 3.63) is 12.2 Å². The quantitative estimate of drug-likeness (QED) is 0.525. The smallest absolute Gasteiger partial charge is 0.165 e. The van der Waals surface area contributed by atoms with E-state index in [0.29, 0.717) is 0 Å². The van der Waals surface area contributed by atoms with Crippen molar-refractivity contribution in [2.45, 2.75) is 38.4 Å². The van der Waals surface area contributed by atoms with Crippen LogP contribution < -0.4 is 0 Å². The Bertz CT molecular complexity index is 171. The molecule has 1 rings (SSSR count). The minimum absolute atomic E-state index is 0.237. The molecule has 0 aromatic rings. The van der Waals surface area contributed by atoms with E-state index in [1.807, 2.05) is 13.0 Å². The van der Waals surface area contributed by atoms with Crippen LogP contribution in [-0.2, 0) is 9.47 Å². The number of rotatable bonds is 6. The number of aliphatic hydroxyl groups excluding tert-OH is 1. The van der Waals surface area contributed by atoms with Gasteiger partial charge in [-0.2, -0.15) is 0 Å². The van der Waals surface area contributed by atoms with E-state index >= 15 is 0 Å². The Morgan fingerprint density at radius 3 is 2.50 bits per heavy atom. The maximum Gasteiger partial charge on any atom is 0.165 e. The van der Waals surface area contributed by atoms with Crippen molar-refractivity contribution in [2.75, 3.05) is 19.8 Å². The van der Waals surface area contributed by atoms with Crippen LogP contribution in [0.4, 0.5) is 0 Å². The molecule has 0 spiro atoms. The molecule has 0 aromatic heterocycles. The summed E-state index contributed by atoms with van der Waals surface area (Å²) in [7, 11) is 0. The van der Waals surface area contributed by atoms with Crippen LogP contribution >= 0.6 is 0 Å². The van der Waals surface area contributed by atoms with E-state index in [1.165, 1.54) is 0 Å². The Morgan fingerprint density at radius 2 is 1.86 bits per heavy atom. The topological polar surface area (TPSA) is 38.7 Å². The highest BCUT2D eigenvalue weighted by Gasteiger charge is 2.29. The zero-order valence-corrected chi connectivity index (χ0v) is 8.87. The van der Waals surface area contributed by atoms with Crippen LogP contribution in [0.15, 0.2) is 12.2 Å². The molecule has 0 saturated carbocycles. The van der Waals surface area contributed by atoms with Crippen molar-refractivity contribution in [2.24, 2.45) is 0 Å². The van der Waals surface area contributed by atoms with Gasteiger partial charge in [0.15, 0.2) is 5.79 Å². The van der Waals surface area contributed by atoms with Crippen LogP contribution in [0.3, 0.4) is 0 Å². The first-order valence-corrected chi connectivity index (χ1v) is 5.31. The number of hydrogen-bond donors (Lipinski definition) is 1. The molecule has 0 aromatic carbocycles. The summed E-state index contributed by atoms with van der Waals surface area (Å²) in [6.45, 7) is 3.67. The van der Waals surface area contributed by atoms with Gasteiger partial charge in [0.2, 0.25) is 0 Å². The second-order valence-corrected chi connectivity index (χ2v) is 3.71. The molecular weight excluding hydrogens is 180 g/mol. The number of aliphatic hydroxyl groups is 1. The van der Waals surface area contributed by atoms with Crippen molar-refractivity contribution < 1.29 is 14.6 Å². The van der Waals surface area contributed by atoms with Gasteiger partial charge in [-0.15, -0.1) is 0 Å². The van der Waals surface area contributed by atoms with Crippen LogP contribution in [-0.4, -0.2) is 30.7 Å². The molecule has 0 amide bonds. The fourth-order valence-corrected chi connectivity index (χ4v) is 1.55. The molecule has 0 unspecified atom stereocenters. The molecule has 1 saturated heterocycles. The first-order valence-electron chi connectivity index (χ1n) is 5.31. The predicted octanol–water partition coefficient (Wildman–Crippen LogP) is 1.86. The minimum Gasteiger partial charge on any atom is -0.396 e. The lowest BCUT2D eigenvalue weighted by Crippen LogP contribution is -2.24. The summed E-state index contributed by atoms with van der Waals surface area (Å²) in [6, 6.07) is 0. The second kappa shape index (κ2) is 6.17. The molecule has 1 aliphatic heterocycles. The average molecular weight is 200 g/mol. The lowest BCUT2D eigenvalue weighted by molar-refractivity contribution is -0.147. The molecule has 0 radical (unpaired) electrons. The lowest BCUT2D eigenvalue weighted by Gasteiger charge is -2.21. The van der Waals surface area contributed by atoms with Crippen LogP contribution in [0.25, 0.3) is 0 Å². The van der Waals surface area contributed by atoms with Crippen LogP contribution in [0.1, 0.15) is 32.6 Å². The summed E-state index contributed by atoms with van der Waals surface area (Å²) in [5.41, 5.74) is 0. The van der Waals surface area contributed by atoms with Crippen molar-refractivity contribution in [1.82, 2.24) is 0 Å². The molecule has 3 nitrogen and oxygen atoms in total. The Labute approximate surface area is 85.7 Å². The van der Waals surface area contributed by atoms with Crippen molar-refractivity contribution in [1.29, 1.82) is 0 Å². The molecule has 1 heterocycles. The molecule has 0 bridgehead atoms. The van der Waals surface area contributed by atoms with Gasteiger partial charge in [0, 0.05) is 13.0 Å². The van der Waals surface area contributed by atoms with Crippen LogP contribution in [0.5, 0.6) is 0 Å². The van der Waals surface area contributed by atoms with E-state index in [-0.39, 0.29) is 12.4 Å². The molecule has 0 atom stereocenters. The SMILES string of the molecule is CC1(CCC/C=C/CCO)OCCO1. The van der Waals surface area contributed by atoms with E-state index in [1.54, 1.807) is 0 Å². The largest absolute Gasteiger partial charge is 0.396 e. The number of ether oxygens (including phenoxy) is 2.